The maximum atomic E-state index is 12.1. The normalized spacial score (nSPS) is 20.2. The van der Waals surface area contributed by atoms with Gasteiger partial charge >= 0.3 is 0 Å². The SMILES string of the molecule is CC1Cc2nc(NC(=O)c3cccs3)nn2CC1n1cccn1. The maximum absolute atomic E-state index is 12.1. The molecule has 3 aromatic rings. The van der Waals surface area contributed by atoms with Crippen molar-refractivity contribution in [3.63, 3.8) is 0 Å². The summed E-state index contributed by atoms with van der Waals surface area (Å²) in [7, 11) is 0. The predicted octanol–water partition coefficient (Wildman–Crippen LogP) is 2.22. The molecule has 23 heavy (non-hydrogen) atoms. The van der Waals surface area contributed by atoms with Crippen molar-refractivity contribution in [3.8, 4) is 0 Å². The zero-order valence-corrected chi connectivity index (χ0v) is 13.4. The van der Waals surface area contributed by atoms with E-state index < -0.39 is 0 Å². The molecule has 1 aliphatic heterocycles. The summed E-state index contributed by atoms with van der Waals surface area (Å²) in [5.74, 6) is 1.51. The van der Waals surface area contributed by atoms with Gasteiger partial charge < -0.3 is 0 Å². The van der Waals surface area contributed by atoms with E-state index in [0.29, 0.717) is 23.3 Å². The fraction of sp³-hybridized carbons (Fsp3) is 0.333. The summed E-state index contributed by atoms with van der Waals surface area (Å²) in [4.78, 5) is 17.2. The summed E-state index contributed by atoms with van der Waals surface area (Å²) in [6, 6.07) is 5.81. The first kappa shape index (κ1) is 14.1. The van der Waals surface area contributed by atoms with Crippen LogP contribution in [0.15, 0.2) is 36.0 Å². The first-order valence-electron chi connectivity index (χ1n) is 7.48. The number of anilines is 1. The van der Waals surface area contributed by atoms with Gasteiger partial charge in [-0.2, -0.15) is 10.1 Å². The molecule has 0 aliphatic carbocycles. The van der Waals surface area contributed by atoms with Crippen LogP contribution in [-0.4, -0.2) is 30.5 Å². The highest BCUT2D eigenvalue weighted by Gasteiger charge is 2.29. The average Bonchev–Trinajstić information content (AvgIpc) is 3.27. The topological polar surface area (TPSA) is 77.6 Å². The van der Waals surface area contributed by atoms with Crippen molar-refractivity contribution in [1.82, 2.24) is 24.5 Å². The van der Waals surface area contributed by atoms with Crippen LogP contribution in [0.1, 0.15) is 28.5 Å². The second-order valence-electron chi connectivity index (χ2n) is 5.70. The summed E-state index contributed by atoms with van der Waals surface area (Å²) in [6.45, 7) is 2.90. The lowest BCUT2D eigenvalue weighted by Crippen LogP contribution is -2.31. The molecule has 0 saturated carbocycles. The second-order valence-corrected chi connectivity index (χ2v) is 6.65. The zero-order valence-electron chi connectivity index (χ0n) is 12.6. The van der Waals surface area contributed by atoms with E-state index in [1.165, 1.54) is 11.3 Å². The van der Waals surface area contributed by atoms with E-state index in [0.717, 1.165) is 12.2 Å². The molecule has 4 rings (SSSR count). The monoisotopic (exact) mass is 328 g/mol. The summed E-state index contributed by atoms with van der Waals surface area (Å²) >= 11 is 1.40. The van der Waals surface area contributed by atoms with Gasteiger partial charge in [0.25, 0.3) is 5.91 Å². The van der Waals surface area contributed by atoms with Crippen LogP contribution >= 0.6 is 11.3 Å². The number of nitrogens with one attached hydrogen (secondary N) is 1. The fourth-order valence-electron chi connectivity index (χ4n) is 2.90. The van der Waals surface area contributed by atoms with Crippen LogP contribution in [-0.2, 0) is 13.0 Å². The number of hydrogen-bond acceptors (Lipinski definition) is 5. The van der Waals surface area contributed by atoms with Gasteiger partial charge in [-0.3, -0.25) is 14.8 Å². The number of carbonyl (C=O) groups is 1. The molecule has 1 amide bonds. The maximum Gasteiger partial charge on any atom is 0.268 e. The largest absolute Gasteiger partial charge is 0.288 e. The molecule has 118 valence electrons. The highest BCUT2D eigenvalue weighted by molar-refractivity contribution is 7.12. The van der Waals surface area contributed by atoms with Crippen molar-refractivity contribution >= 4 is 23.2 Å². The van der Waals surface area contributed by atoms with Crippen molar-refractivity contribution in [3.05, 3.63) is 46.7 Å². The zero-order chi connectivity index (χ0) is 15.8. The van der Waals surface area contributed by atoms with Crippen molar-refractivity contribution in [2.45, 2.75) is 25.9 Å². The number of hydrogen-bond donors (Lipinski definition) is 1. The van der Waals surface area contributed by atoms with E-state index >= 15 is 0 Å². The highest BCUT2D eigenvalue weighted by atomic mass is 32.1. The van der Waals surface area contributed by atoms with Crippen molar-refractivity contribution in [2.24, 2.45) is 5.92 Å². The van der Waals surface area contributed by atoms with Gasteiger partial charge in [0, 0.05) is 18.8 Å². The Morgan fingerprint density at radius 2 is 2.35 bits per heavy atom. The first-order valence-corrected chi connectivity index (χ1v) is 8.36. The van der Waals surface area contributed by atoms with E-state index in [9.17, 15) is 4.79 Å². The number of rotatable bonds is 3. The minimum absolute atomic E-state index is 0.167. The van der Waals surface area contributed by atoms with Gasteiger partial charge in [-0.05, 0) is 23.4 Å². The molecule has 0 bridgehead atoms. The molecule has 7 nitrogen and oxygen atoms in total. The number of amides is 1. The van der Waals surface area contributed by atoms with Gasteiger partial charge in [-0.15, -0.1) is 16.4 Å². The third-order valence-electron chi connectivity index (χ3n) is 4.10. The molecular formula is C15H16N6OS. The highest BCUT2D eigenvalue weighted by Crippen LogP contribution is 2.28. The average molecular weight is 328 g/mol. The quantitative estimate of drug-likeness (QED) is 0.800. The van der Waals surface area contributed by atoms with E-state index in [1.807, 2.05) is 33.1 Å². The van der Waals surface area contributed by atoms with Gasteiger partial charge in [0.2, 0.25) is 5.95 Å². The molecule has 1 N–H and O–H groups in total. The summed E-state index contributed by atoms with van der Waals surface area (Å²) in [5.41, 5.74) is 0. The molecule has 1 aliphatic rings. The summed E-state index contributed by atoms with van der Waals surface area (Å²) in [5, 5.41) is 13.4. The molecule has 3 aromatic heterocycles. The molecule has 0 radical (unpaired) electrons. The van der Waals surface area contributed by atoms with Gasteiger partial charge in [0.05, 0.1) is 17.5 Å². The van der Waals surface area contributed by atoms with Crippen LogP contribution in [0.25, 0.3) is 0 Å². The Kier molecular flexibility index (Phi) is 3.45. The Balaban J connectivity index is 1.54. The Labute approximate surface area is 137 Å². The van der Waals surface area contributed by atoms with Crippen LogP contribution < -0.4 is 5.32 Å². The summed E-state index contributed by atoms with van der Waals surface area (Å²) in [6.07, 6.45) is 4.57. The Hall–Kier alpha value is -2.48. The molecule has 2 unspecified atom stereocenters. The Bertz CT molecular complexity index is 807. The molecule has 0 spiro atoms. The summed E-state index contributed by atoms with van der Waals surface area (Å²) < 4.78 is 3.84. The number of thiophene rings is 1. The third-order valence-corrected chi connectivity index (χ3v) is 4.97. The van der Waals surface area contributed by atoms with Crippen LogP contribution in [0.5, 0.6) is 0 Å². The molecular weight excluding hydrogens is 312 g/mol. The van der Waals surface area contributed by atoms with Crippen molar-refractivity contribution in [2.75, 3.05) is 5.32 Å². The van der Waals surface area contributed by atoms with Gasteiger partial charge in [-0.25, -0.2) is 4.68 Å². The number of aromatic nitrogens is 5. The Morgan fingerprint density at radius 3 is 3.09 bits per heavy atom. The van der Waals surface area contributed by atoms with Crippen LogP contribution in [0, 0.1) is 5.92 Å². The molecule has 4 heterocycles. The number of nitrogens with zero attached hydrogens (tertiary/aromatic N) is 5. The lowest BCUT2D eigenvalue weighted by molar-refractivity contribution is 0.102. The standard InChI is InChI=1S/C15H16N6OS/c1-10-8-13-17-15(18-14(22)12-4-2-7-23-12)19-21(13)9-11(10)20-6-3-5-16-20/h2-7,10-11H,8-9H2,1H3,(H,18,19,22). The third kappa shape index (κ3) is 2.65. The number of fused-ring (bicyclic) bond motifs is 1. The minimum Gasteiger partial charge on any atom is -0.288 e. The smallest absolute Gasteiger partial charge is 0.268 e. The van der Waals surface area contributed by atoms with Crippen molar-refractivity contribution in [1.29, 1.82) is 0 Å². The lowest BCUT2D eigenvalue weighted by Gasteiger charge is -2.28. The first-order chi connectivity index (χ1) is 11.2. The minimum atomic E-state index is -0.167. The van der Waals surface area contributed by atoms with Crippen LogP contribution in [0.3, 0.4) is 0 Å². The molecule has 0 saturated heterocycles. The van der Waals surface area contributed by atoms with E-state index in [2.05, 4.69) is 27.4 Å². The fourth-order valence-corrected chi connectivity index (χ4v) is 3.52. The molecule has 2 atom stereocenters. The van der Waals surface area contributed by atoms with E-state index in [4.69, 9.17) is 0 Å². The Morgan fingerprint density at radius 1 is 1.43 bits per heavy atom. The molecule has 0 fully saturated rings. The molecule has 8 heteroatoms. The van der Waals surface area contributed by atoms with Crippen molar-refractivity contribution < 1.29 is 4.79 Å². The second kappa shape index (κ2) is 5.62. The van der Waals surface area contributed by atoms with Gasteiger partial charge in [-0.1, -0.05) is 13.0 Å². The van der Waals surface area contributed by atoms with E-state index in [-0.39, 0.29) is 11.9 Å². The van der Waals surface area contributed by atoms with Gasteiger partial charge in [0.15, 0.2) is 0 Å². The predicted molar refractivity (Wildman–Crippen MR) is 86.4 cm³/mol. The van der Waals surface area contributed by atoms with Gasteiger partial charge in [0.1, 0.15) is 5.82 Å². The van der Waals surface area contributed by atoms with Crippen LogP contribution in [0.4, 0.5) is 5.95 Å². The number of carbonyl (C=O) groups excluding carboxylic acids is 1. The lowest BCUT2D eigenvalue weighted by atomic mass is 9.95. The molecule has 0 aromatic carbocycles. The van der Waals surface area contributed by atoms with Crippen LogP contribution in [0.2, 0.25) is 0 Å². The van der Waals surface area contributed by atoms with E-state index in [1.54, 1.807) is 12.3 Å².